The summed E-state index contributed by atoms with van der Waals surface area (Å²) < 4.78 is 0.717. The molecular weight excluding hydrogens is 286 g/mol. The van der Waals surface area contributed by atoms with Gasteiger partial charge in [0.1, 0.15) is 6.54 Å². The molecule has 1 aromatic rings. The molecule has 0 heterocycles. The lowest BCUT2D eigenvalue weighted by molar-refractivity contribution is -0.137. The number of carbonyl (C=O) groups excluding carboxylic acids is 1. The average Bonchev–Trinajstić information content (AvgIpc) is 2.28. The second kappa shape index (κ2) is 5.82. The van der Waals surface area contributed by atoms with E-state index in [0.29, 0.717) is 16.6 Å². The van der Waals surface area contributed by atoms with E-state index in [1.165, 1.54) is 4.90 Å². The number of amides is 1. The topological polar surface area (TPSA) is 57.6 Å². The van der Waals surface area contributed by atoms with Crippen molar-refractivity contribution in [2.45, 2.75) is 13.8 Å². The third-order valence-corrected chi connectivity index (χ3v) is 3.47. The highest BCUT2D eigenvalue weighted by atomic mass is 79.9. The fourth-order valence-corrected chi connectivity index (χ4v) is 1.91. The summed E-state index contributed by atoms with van der Waals surface area (Å²) >= 11 is 3.35. The van der Waals surface area contributed by atoms with Crippen LogP contribution in [0.15, 0.2) is 22.7 Å². The Kier molecular flexibility index (Phi) is 4.69. The van der Waals surface area contributed by atoms with Crippen molar-refractivity contribution in [1.29, 1.82) is 0 Å². The number of benzene rings is 1. The van der Waals surface area contributed by atoms with Gasteiger partial charge in [-0.15, -0.1) is 0 Å². The summed E-state index contributed by atoms with van der Waals surface area (Å²) in [6.45, 7) is 3.72. The van der Waals surface area contributed by atoms with Crippen LogP contribution in [-0.2, 0) is 4.79 Å². The van der Waals surface area contributed by atoms with Crippen LogP contribution in [0.1, 0.15) is 22.8 Å². The molecular formula is C12H14BrNO3. The first-order valence-corrected chi connectivity index (χ1v) is 6.02. The summed E-state index contributed by atoms with van der Waals surface area (Å²) in [7, 11) is 0. The molecule has 5 heteroatoms. The number of rotatable bonds is 4. The van der Waals surface area contributed by atoms with Crippen LogP contribution in [0.25, 0.3) is 0 Å². The molecule has 4 nitrogen and oxygen atoms in total. The van der Waals surface area contributed by atoms with Crippen molar-refractivity contribution in [2.75, 3.05) is 13.1 Å². The van der Waals surface area contributed by atoms with Gasteiger partial charge in [-0.05, 0) is 41.4 Å². The molecule has 1 N–H and O–H groups in total. The molecule has 0 atom stereocenters. The molecule has 0 aliphatic rings. The van der Waals surface area contributed by atoms with E-state index in [0.717, 1.165) is 5.56 Å². The molecule has 1 rings (SSSR count). The highest BCUT2D eigenvalue weighted by molar-refractivity contribution is 9.10. The number of hydrogen-bond acceptors (Lipinski definition) is 2. The zero-order valence-electron chi connectivity index (χ0n) is 9.74. The van der Waals surface area contributed by atoms with E-state index in [-0.39, 0.29) is 12.5 Å². The zero-order valence-corrected chi connectivity index (χ0v) is 11.3. The molecule has 0 aliphatic carbocycles. The van der Waals surface area contributed by atoms with Gasteiger partial charge in [0.05, 0.1) is 5.56 Å². The van der Waals surface area contributed by atoms with Gasteiger partial charge in [-0.25, -0.2) is 0 Å². The Labute approximate surface area is 108 Å². The molecule has 0 bridgehead atoms. The minimum atomic E-state index is -1.01. The van der Waals surface area contributed by atoms with Crippen LogP contribution in [0.4, 0.5) is 0 Å². The van der Waals surface area contributed by atoms with Crippen LogP contribution < -0.4 is 0 Å². The van der Waals surface area contributed by atoms with Gasteiger partial charge in [-0.2, -0.15) is 0 Å². The van der Waals surface area contributed by atoms with E-state index < -0.39 is 5.97 Å². The van der Waals surface area contributed by atoms with Gasteiger partial charge in [0.2, 0.25) is 0 Å². The van der Waals surface area contributed by atoms with Gasteiger partial charge in [0.15, 0.2) is 0 Å². The SMILES string of the molecule is CCN(CC(=O)O)C(=O)c1cccc(C)c1Br. The number of aliphatic carboxylic acids is 1. The van der Waals surface area contributed by atoms with Crippen LogP contribution in [0.3, 0.4) is 0 Å². The molecule has 0 unspecified atom stereocenters. The van der Waals surface area contributed by atoms with E-state index in [1.807, 2.05) is 13.0 Å². The first-order chi connectivity index (χ1) is 7.97. The number of carbonyl (C=O) groups is 2. The molecule has 0 aromatic heterocycles. The minimum absolute atomic E-state index is 0.273. The number of hydrogen-bond donors (Lipinski definition) is 1. The summed E-state index contributed by atoms with van der Waals surface area (Å²) in [4.78, 5) is 24.1. The largest absolute Gasteiger partial charge is 0.480 e. The lowest BCUT2D eigenvalue weighted by Gasteiger charge is -2.19. The predicted molar refractivity (Wildman–Crippen MR) is 68.1 cm³/mol. The van der Waals surface area contributed by atoms with Gasteiger partial charge in [0.25, 0.3) is 5.91 Å². The molecule has 0 radical (unpaired) electrons. The molecule has 0 spiro atoms. The number of likely N-dealkylation sites (N-methyl/N-ethyl adjacent to an activating group) is 1. The van der Waals surface area contributed by atoms with E-state index in [1.54, 1.807) is 19.1 Å². The van der Waals surface area contributed by atoms with Crippen molar-refractivity contribution < 1.29 is 14.7 Å². The van der Waals surface area contributed by atoms with E-state index in [2.05, 4.69) is 15.9 Å². The molecule has 92 valence electrons. The molecule has 0 saturated carbocycles. The first kappa shape index (κ1) is 13.7. The van der Waals surface area contributed by atoms with Crippen LogP contribution in [0.2, 0.25) is 0 Å². The fraction of sp³-hybridized carbons (Fsp3) is 0.333. The third-order valence-electron chi connectivity index (χ3n) is 2.42. The fourth-order valence-electron chi connectivity index (χ4n) is 1.47. The van der Waals surface area contributed by atoms with Crippen LogP contribution in [-0.4, -0.2) is 35.0 Å². The van der Waals surface area contributed by atoms with Gasteiger partial charge in [-0.3, -0.25) is 9.59 Å². The quantitative estimate of drug-likeness (QED) is 0.928. The normalized spacial score (nSPS) is 10.1. The van der Waals surface area contributed by atoms with Crippen molar-refractivity contribution in [3.63, 3.8) is 0 Å². The second-order valence-corrected chi connectivity index (χ2v) is 4.44. The maximum absolute atomic E-state index is 12.1. The Bertz CT molecular complexity index is 445. The summed E-state index contributed by atoms with van der Waals surface area (Å²) in [6, 6.07) is 5.35. The van der Waals surface area contributed by atoms with Gasteiger partial charge < -0.3 is 10.0 Å². The summed E-state index contributed by atoms with van der Waals surface area (Å²) in [5.74, 6) is -1.28. The summed E-state index contributed by atoms with van der Waals surface area (Å²) in [5, 5.41) is 8.73. The highest BCUT2D eigenvalue weighted by Crippen LogP contribution is 2.22. The number of carboxylic acid groups (broad SMARTS) is 1. The predicted octanol–water partition coefficient (Wildman–Crippen LogP) is 2.30. The Hall–Kier alpha value is -1.36. The van der Waals surface area contributed by atoms with Crippen molar-refractivity contribution in [3.05, 3.63) is 33.8 Å². The standard InChI is InChI=1S/C12H14BrNO3/c1-3-14(7-10(15)16)12(17)9-6-4-5-8(2)11(9)13/h4-6H,3,7H2,1-2H3,(H,15,16). The van der Waals surface area contributed by atoms with Gasteiger partial charge in [0, 0.05) is 11.0 Å². The first-order valence-electron chi connectivity index (χ1n) is 5.23. The third kappa shape index (κ3) is 3.30. The Morgan fingerprint density at radius 3 is 2.59 bits per heavy atom. The van der Waals surface area contributed by atoms with Crippen LogP contribution in [0, 0.1) is 6.92 Å². The maximum atomic E-state index is 12.1. The number of carboxylic acids is 1. The van der Waals surface area contributed by atoms with E-state index in [9.17, 15) is 9.59 Å². The average molecular weight is 300 g/mol. The number of nitrogens with zero attached hydrogens (tertiary/aromatic N) is 1. The van der Waals surface area contributed by atoms with Crippen molar-refractivity contribution >= 4 is 27.8 Å². The Morgan fingerprint density at radius 2 is 2.06 bits per heavy atom. The Morgan fingerprint density at radius 1 is 1.41 bits per heavy atom. The lowest BCUT2D eigenvalue weighted by atomic mass is 10.1. The maximum Gasteiger partial charge on any atom is 0.323 e. The summed E-state index contributed by atoms with van der Waals surface area (Å²) in [6.07, 6.45) is 0. The molecule has 0 fully saturated rings. The lowest BCUT2D eigenvalue weighted by Crippen LogP contribution is -2.35. The van der Waals surface area contributed by atoms with Gasteiger partial charge >= 0.3 is 5.97 Å². The number of halogens is 1. The minimum Gasteiger partial charge on any atom is -0.480 e. The van der Waals surface area contributed by atoms with Crippen LogP contribution in [0.5, 0.6) is 0 Å². The van der Waals surface area contributed by atoms with Crippen molar-refractivity contribution in [3.8, 4) is 0 Å². The van der Waals surface area contributed by atoms with E-state index >= 15 is 0 Å². The monoisotopic (exact) mass is 299 g/mol. The second-order valence-electron chi connectivity index (χ2n) is 3.65. The van der Waals surface area contributed by atoms with E-state index in [4.69, 9.17) is 5.11 Å². The van der Waals surface area contributed by atoms with Gasteiger partial charge in [-0.1, -0.05) is 12.1 Å². The zero-order chi connectivity index (χ0) is 13.0. The molecule has 17 heavy (non-hydrogen) atoms. The molecule has 0 aliphatic heterocycles. The number of aryl methyl sites for hydroxylation is 1. The smallest absolute Gasteiger partial charge is 0.323 e. The Balaban J connectivity index is 3.02. The molecule has 1 aromatic carbocycles. The van der Waals surface area contributed by atoms with Crippen molar-refractivity contribution in [2.24, 2.45) is 0 Å². The van der Waals surface area contributed by atoms with Crippen LogP contribution >= 0.6 is 15.9 Å². The molecule has 1 amide bonds. The van der Waals surface area contributed by atoms with Crippen molar-refractivity contribution in [1.82, 2.24) is 4.90 Å². The molecule has 0 saturated heterocycles. The highest BCUT2D eigenvalue weighted by Gasteiger charge is 2.19. The summed E-state index contributed by atoms with van der Waals surface area (Å²) in [5.41, 5.74) is 1.44.